The van der Waals surface area contributed by atoms with E-state index >= 15 is 0 Å². The molecule has 20 heavy (non-hydrogen) atoms. The molecule has 1 fully saturated rings. The van der Waals surface area contributed by atoms with E-state index in [1.54, 1.807) is 0 Å². The van der Waals surface area contributed by atoms with Crippen molar-refractivity contribution in [3.63, 3.8) is 0 Å². The van der Waals surface area contributed by atoms with Crippen LogP contribution in [-0.4, -0.2) is 36.6 Å². The summed E-state index contributed by atoms with van der Waals surface area (Å²) in [6, 6.07) is 1.49. The summed E-state index contributed by atoms with van der Waals surface area (Å²) < 4.78 is 0. The largest absolute Gasteiger partial charge is 0.312 e. The zero-order chi connectivity index (χ0) is 15.0. The van der Waals surface area contributed by atoms with Crippen LogP contribution in [0.2, 0.25) is 0 Å². The van der Waals surface area contributed by atoms with Crippen LogP contribution in [0.5, 0.6) is 0 Å². The van der Waals surface area contributed by atoms with Crippen LogP contribution in [0.3, 0.4) is 0 Å². The number of hydrogen-bond acceptors (Lipinski definition) is 2. The van der Waals surface area contributed by atoms with Crippen molar-refractivity contribution in [3.05, 3.63) is 0 Å². The fraction of sp³-hybridized carbons (Fsp3) is 1.00. The van der Waals surface area contributed by atoms with Crippen LogP contribution in [0, 0.1) is 11.8 Å². The molecule has 2 nitrogen and oxygen atoms in total. The summed E-state index contributed by atoms with van der Waals surface area (Å²) in [5, 5.41) is 3.83. The summed E-state index contributed by atoms with van der Waals surface area (Å²) in [4.78, 5) is 2.76. The molecule has 1 aliphatic rings. The van der Waals surface area contributed by atoms with Crippen molar-refractivity contribution in [1.29, 1.82) is 0 Å². The number of unbranched alkanes of at least 4 members (excludes halogenated alkanes) is 1. The lowest BCUT2D eigenvalue weighted by Crippen LogP contribution is -2.54. The number of nitrogens with zero attached hydrogens (tertiary/aromatic N) is 1. The Labute approximate surface area is 127 Å². The van der Waals surface area contributed by atoms with Crippen molar-refractivity contribution in [2.24, 2.45) is 11.8 Å². The predicted octanol–water partition coefficient (Wildman–Crippen LogP) is 4.30. The lowest BCUT2D eigenvalue weighted by Gasteiger charge is -2.44. The second-order valence-electron chi connectivity index (χ2n) is 6.93. The molecule has 0 spiro atoms. The Hall–Kier alpha value is -0.0800. The zero-order valence-electron chi connectivity index (χ0n) is 14.6. The van der Waals surface area contributed by atoms with E-state index in [9.17, 15) is 0 Å². The number of rotatable bonds is 9. The third-order valence-corrected chi connectivity index (χ3v) is 5.13. The Balaban J connectivity index is 2.67. The van der Waals surface area contributed by atoms with Crippen LogP contribution >= 0.6 is 0 Å². The topological polar surface area (TPSA) is 15.3 Å². The van der Waals surface area contributed by atoms with Crippen LogP contribution in [-0.2, 0) is 0 Å². The van der Waals surface area contributed by atoms with Crippen LogP contribution in [0.15, 0.2) is 0 Å². The number of hydrogen-bond donors (Lipinski definition) is 1. The van der Waals surface area contributed by atoms with Crippen molar-refractivity contribution < 1.29 is 0 Å². The molecule has 0 aromatic carbocycles. The van der Waals surface area contributed by atoms with E-state index in [2.05, 4.69) is 44.8 Å². The quantitative estimate of drug-likeness (QED) is 0.678. The Morgan fingerprint density at radius 3 is 2.40 bits per heavy atom. The van der Waals surface area contributed by atoms with Gasteiger partial charge in [-0.25, -0.2) is 0 Å². The first-order valence-corrected chi connectivity index (χ1v) is 9.11. The predicted molar refractivity (Wildman–Crippen MR) is 90.2 cm³/mol. The Morgan fingerprint density at radius 1 is 1.10 bits per heavy atom. The summed E-state index contributed by atoms with van der Waals surface area (Å²) in [6.45, 7) is 15.4. The van der Waals surface area contributed by atoms with Gasteiger partial charge < -0.3 is 5.32 Å². The molecular weight excluding hydrogens is 244 g/mol. The van der Waals surface area contributed by atoms with E-state index in [0.717, 1.165) is 23.9 Å². The van der Waals surface area contributed by atoms with Gasteiger partial charge in [-0.15, -0.1) is 0 Å². The van der Waals surface area contributed by atoms with Crippen LogP contribution in [0.25, 0.3) is 0 Å². The standard InChI is InChI=1S/C18H38N2/c1-6-9-13-20(8-3)18-14-16(15(4)5)10-11-17(18)19-12-7-2/h15-19H,6-14H2,1-5H3. The minimum atomic E-state index is 0.724. The smallest absolute Gasteiger partial charge is 0.0251 e. The SMILES string of the molecule is CCCCN(CC)C1CC(C(C)C)CCC1NCCC. The first-order valence-electron chi connectivity index (χ1n) is 9.11. The number of likely N-dealkylation sites (N-methyl/N-ethyl adjacent to an activating group) is 1. The Kier molecular flexibility index (Phi) is 8.79. The molecule has 0 aromatic heterocycles. The maximum absolute atomic E-state index is 3.83. The summed E-state index contributed by atoms with van der Waals surface area (Å²) in [5.74, 6) is 1.77. The molecule has 0 aromatic rings. The molecule has 3 atom stereocenters. The molecule has 0 bridgehead atoms. The van der Waals surface area contributed by atoms with Gasteiger partial charge in [-0.2, -0.15) is 0 Å². The van der Waals surface area contributed by atoms with Gasteiger partial charge in [-0.1, -0.05) is 41.0 Å². The molecular formula is C18H38N2. The van der Waals surface area contributed by atoms with E-state index in [1.165, 1.54) is 58.2 Å². The molecule has 1 saturated carbocycles. The molecule has 1 aliphatic carbocycles. The summed E-state index contributed by atoms with van der Waals surface area (Å²) >= 11 is 0. The highest BCUT2D eigenvalue weighted by molar-refractivity contribution is 4.91. The van der Waals surface area contributed by atoms with Crippen molar-refractivity contribution >= 4 is 0 Å². The molecule has 120 valence electrons. The highest BCUT2D eigenvalue weighted by atomic mass is 15.2. The van der Waals surface area contributed by atoms with Gasteiger partial charge in [0.15, 0.2) is 0 Å². The average molecular weight is 283 g/mol. The molecule has 2 heteroatoms. The lowest BCUT2D eigenvalue weighted by atomic mass is 9.76. The molecule has 0 aliphatic heterocycles. The minimum Gasteiger partial charge on any atom is -0.312 e. The van der Waals surface area contributed by atoms with Gasteiger partial charge in [0.05, 0.1) is 0 Å². The van der Waals surface area contributed by atoms with E-state index < -0.39 is 0 Å². The third kappa shape index (κ3) is 5.37. The second-order valence-corrected chi connectivity index (χ2v) is 6.93. The first kappa shape index (κ1) is 18.0. The van der Waals surface area contributed by atoms with E-state index in [1.807, 2.05) is 0 Å². The van der Waals surface area contributed by atoms with Crippen molar-refractivity contribution in [2.75, 3.05) is 19.6 Å². The van der Waals surface area contributed by atoms with Gasteiger partial charge in [0.2, 0.25) is 0 Å². The molecule has 3 unspecified atom stereocenters. The highest BCUT2D eigenvalue weighted by Crippen LogP contribution is 2.33. The molecule has 0 amide bonds. The van der Waals surface area contributed by atoms with Gasteiger partial charge in [0.25, 0.3) is 0 Å². The maximum Gasteiger partial charge on any atom is 0.0251 e. The Morgan fingerprint density at radius 2 is 1.85 bits per heavy atom. The number of nitrogens with one attached hydrogen (secondary N) is 1. The molecule has 1 N–H and O–H groups in total. The fourth-order valence-corrected chi connectivity index (χ4v) is 3.67. The molecule has 0 radical (unpaired) electrons. The van der Waals surface area contributed by atoms with Crippen molar-refractivity contribution in [1.82, 2.24) is 10.2 Å². The van der Waals surface area contributed by atoms with Crippen LogP contribution < -0.4 is 5.32 Å². The zero-order valence-corrected chi connectivity index (χ0v) is 14.6. The molecule has 0 saturated heterocycles. The lowest BCUT2D eigenvalue weighted by molar-refractivity contribution is 0.0855. The summed E-state index contributed by atoms with van der Waals surface area (Å²) in [5.41, 5.74) is 0. The van der Waals surface area contributed by atoms with Crippen molar-refractivity contribution in [2.45, 2.75) is 85.2 Å². The van der Waals surface area contributed by atoms with Gasteiger partial charge in [0.1, 0.15) is 0 Å². The normalized spacial score (nSPS) is 27.4. The highest BCUT2D eigenvalue weighted by Gasteiger charge is 2.34. The first-order chi connectivity index (χ1) is 9.63. The monoisotopic (exact) mass is 282 g/mol. The third-order valence-electron chi connectivity index (χ3n) is 5.13. The van der Waals surface area contributed by atoms with Gasteiger partial charge >= 0.3 is 0 Å². The molecule has 1 rings (SSSR count). The van der Waals surface area contributed by atoms with Gasteiger partial charge in [0, 0.05) is 12.1 Å². The Bertz CT molecular complexity index is 230. The van der Waals surface area contributed by atoms with Gasteiger partial charge in [-0.3, -0.25) is 4.90 Å². The summed E-state index contributed by atoms with van der Waals surface area (Å²) in [7, 11) is 0. The average Bonchev–Trinajstić information content (AvgIpc) is 2.46. The van der Waals surface area contributed by atoms with E-state index in [4.69, 9.17) is 0 Å². The maximum atomic E-state index is 3.83. The van der Waals surface area contributed by atoms with Gasteiger partial charge in [-0.05, 0) is 63.6 Å². The fourth-order valence-electron chi connectivity index (χ4n) is 3.67. The minimum absolute atomic E-state index is 0.724. The van der Waals surface area contributed by atoms with Crippen LogP contribution in [0.1, 0.15) is 73.1 Å². The summed E-state index contributed by atoms with van der Waals surface area (Å²) in [6.07, 6.45) is 8.09. The molecule has 0 heterocycles. The van der Waals surface area contributed by atoms with Crippen molar-refractivity contribution in [3.8, 4) is 0 Å². The van der Waals surface area contributed by atoms with Crippen LogP contribution in [0.4, 0.5) is 0 Å². The second kappa shape index (κ2) is 9.78. The van der Waals surface area contributed by atoms with E-state index in [0.29, 0.717) is 0 Å². The van der Waals surface area contributed by atoms with E-state index in [-0.39, 0.29) is 0 Å².